The monoisotopic (exact) mass is 328 g/mol. The van der Waals surface area contributed by atoms with Gasteiger partial charge in [0.15, 0.2) is 0 Å². The summed E-state index contributed by atoms with van der Waals surface area (Å²) in [4.78, 5) is 0. The largest absolute Gasteiger partial charge is 0.698 e. The molecule has 0 aliphatic rings. The molecular formula is C24H26N-. The van der Waals surface area contributed by atoms with Gasteiger partial charge in [-0.15, -0.1) is 5.69 Å². The Morgan fingerprint density at radius 2 is 0.880 bits per heavy atom. The summed E-state index contributed by atoms with van der Waals surface area (Å²) in [7, 11) is 0. The normalized spacial score (nSPS) is 11.0. The van der Waals surface area contributed by atoms with Crippen molar-refractivity contribution in [2.45, 2.75) is 41.5 Å². The van der Waals surface area contributed by atoms with Gasteiger partial charge in [-0.25, -0.2) is 0 Å². The quantitative estimate of drug-likeness (QED) is 0.463. The number of nitrogens with one attached hydrogen (secondary N) is 1. The predicted octanol–water partition coefficient (Wildman–Crippen LogP) is 7.55. The third kappa shape index (κ3) is 3.07. The second-order valence-corrected chi connectivity index (χ2v) is 7.28. The van der Waals surface area contributed by atoms with E-state index < -0.39 is 0 Å². The van der Waals surface area contributed by atoms with E-state index in [-0.39, 0.29) is 0 Å². The van der Waals surface area contributed by atoms with Crippen molar-refractivity contribution in [1.82, 2.24) is 0 Å². The predicted molar refractivity (Wildman–Crippen MR) is 110 cm³/mol. The summed E-state index contributed by atoms with van der Waals surface area (Å²) in [6, 6.07) is 15.1. The fourth-order valence-corrected chi connectivity index (χ4v) is 4.18. The standard InChI is InChI=1S/C24H26N/c1-14-10-16(3)22(17(4)11-14)20-8-7-9-21(24(20)25)23-18(5)12-15(2)13-19(23)6/h7-13,25H,1-6H3/q-1. The Morgan fingerprint density at radius 3 is 1.20 bits per heavy atom. The molecule has 0 spiro atoms. The molecule has 3 aromatic carbocycles. The van der Waals surface area contributed by atoms with Gasteiger partial charge in [0.05, 0.1) is 0 Å². The molecular weight excluding hydrogens is 302 g/mol. The summed E-state index contributed by atoms with van der Waals surface area (Å²) in [6.07, 6.45) is 0. The van der Waals surface area contributed by atoms with Crippen LogP contribution in [0.4, 0.5) is 5.69 Å². The highest BCUT2D eigenvalue weighted by Gasteiger charge is 2.12. The van der Waals surface area contributed by atoms with Crippen LogP contribution in [-0.4, -0.2) is 0 Å². The average molecular weight is 328 g/mol. The molecule has 1 heteroatoms. The van der Waals surface area contributed by atoms with Crippen LogP contribution < -0.4 is 0 Å². The van der Waals surface area contributed by atoms with E-state index in [2.05, 4.69) is 84.0 Å². The van der Waals surface area contributed by atoms with Crippen molar-refractivity contribution in [2.24, 2.45) is 0 Å². The van der Waals surface area contributed by atoms with Gasteiger partial charge in [-0.3, -0.25) is 0 Å². The van der Waals surface area contributed by atoms with Gasteiger partial charge in [0.1, 0.15) is 0 Å². The maximum absolute atomic E-state index is 8.92. The number of benzene rings is 3. The Balaban J connectivity index is 2.28. The topological polar surface area (TPSA) is 23.8 Å². The lowest BCUT2D eigenvalue weighted by Gasteiger charge is -2.23. The zero-order chi connectivity index (χ0) is 18.3. The maximum atomic E-state index is 8.92. The lowest BCUT2D eigenvalue weighted by Crippen LogP contribution is -1.94. The summed E-state index contributed by atoms with van der Waals surface area (Å²) in [6.45, 7) is 12.8. The van der Waals surface area contributed by atoms with Gasteiger partial charge >= 0.3 is 0 Å². The molecule has 0 amide bonds. The molecule has 0 fully saturated rings. The zero-order valence-corrected chi connectivity index (χ0v) is 16.0. The molecule has 3 rings (SSSR count). The highest BCUT2D eigenvalue weighted by molar-refractivity contribution is 5.93. The van der Waals surface area contributed by atoms with Crippen LogP contribution in [0.2, 0.25) is 0 Å². The Bertz CT molecular complexity index is 842. The van der Waals surface area contributed by atoms with Gasteiger partial charge in [-0.05, 0) is 86.1 Å². The molecule has 0 saturated heterocycles. The second-order valence-electron chi connectivity index (χ2n) is 7.28. The van der Waals surface area contributed by atoms with E-state index in [1.807, 2.05) is 0 Å². The van der Waals surface area contributed by atoms with Crippen LogP contribution in [0, 0.1) is 41.5 Å². The third-order valence-electron chi connectivity index (χ3n) is 4.96. The summed E-state index contributed by atoms with van der Waals surface area (Å²) < 4.78 is 0. The molecule has 128 valence electrons. The van der Waals surface area contributed by atoms with E-state index in [1.54, 1.807) is 0 Å². The minimum absolute atomic E-state index is 0.618. The Labute approximate surface area is 151 Å². The molecule has 0 bridgehead atoms. The maximum Gasteiger partial charge on any atom is -0.0137 e. The van der Waals surface area contributed by atoms with Crippen molar-refractivity contribution in [2.75, 3.05) is 0 Å². The molecule has 0 unspecified atom stereocenters. The van der Waals surface area contributed by atoms with Crippen LogP contribution in [0.1, 0.15) is 33.4 Å². The Hall–Kier alpha value is -2.54. The van der Waals surface area contributed by atoms with Crippen LogP contribution in [0.15, 0.2) is 42.5 Å². The Morgan fingerprint density at radius 1 is 0.560 bits per heavy atom. The van der Waals surface area contributed by atoms with E-state index in [0.29, 0.717) is 5.69 Å². The molecule has 1 N–H and O–H groups in total. The molecule has 0 aliphatic carbocycles. The van der Waals surface area contributed by atoms with Gasteiger partial charge in [0.25, 0.3) is 0 Å². The van der Waals surface area contributed by atoms with Crippen molar-refractivity contribution in [3.8, 4) is 22.3 Å². The molecule has 3 aromatic rings. The Kier molecular flexibility index (Phi) is 4.43. The molecule has 0 aromatic heterocycles. The lowest BCUT2D eigenvalue weighted by molar-refractivity contribution is 1.31. The third-order valence-corrected chi connectivity index (χ3v) is 4.96. The van der Waals surface area contributed by atoms with E-state index in [4.69, 9.17) is 5.73 Å². The minimum atomic E-state index is 0.618. The van der Waals surface area contributed by atoms with Gasteiger partial charge in [0.2, 0.25) is 0 Å². The van der Waals surface area contributed by atoms with Gasteiger partial charge in [-0.1, -0.05) is 53.6 Å². The van der Waals surface area contributed by atoms with Crippen molar-refractivity contribution in [1.29, 1.82) is 0 Å². The summed E-state index contributed by atoms with van der Waals surface area (Å²) in [5.41, 5.74) is 21.4. The summed E-state index contributed by atoms with van der Waals surface area (Å²) in [5, 5.41) is 0. The molecule has 0 atom stereocenters. The number of rotatable bonds is 2. The van der Waals surface area contributed by atoms with Crippen LogP contribution in [0.5, 0.6) is 0 Å². The van der Waals surface area contributed by atoms with E-state index in [1.165, 1.54) is 44.5 Å². The molecule has 0 aliphatic heterocycles. The summed E-state index contributed by atoms with van der Waals surface area (Å²) >= 11 is 0. The van der Waals surface area contributed by atoms with Crippen LogP contribution in [0.25, 0.3) is 28.0 Å². The average Bonchev–Trinajstić information content (AvgIpc) is 2.48. The van der Waals surface area contributed by atoms with Gasteiger partial charge in [-0.2, -0.15) is 0 Å². The molecule has 0 saturated carbocycles. The molecule has 25 heavy (non-hydrogen) atoms. The fourth-order valence-electron chi connectivity index (χ4n) is 4.18. The highest BCUT2D eigenvalue weighted by atomic mass is 14.6. The lowest BCUT2D eigenvalue weighted by atomic mass is 9.87. The highest BCUT2D eigenvalue weighted by Crippen LogP contribution is 2.43. The van der Waals surface area contributed by atoms with Crippen molar-refractivity contribution >= 4 is 5.69 Å². The molecule has 0 heterocycles. The van der Waals surface area contributed by atoms with Gasteiger partial charge < -0.3 is 5.73 Å². The van der Waals surface area contributed by atoms with Crippen LogP contribution >= 0.6 is 0 Å². The SMILES string of the molecule is Cc1cc(C)c(-c2cccc(-c3c(C)cc(C)cc3C)c2[NH-])c(C)c1. The number of aryl methyl sites for hydroxylation is 6. The first-order valence-corrected chi connectivity index (χ1v) is 8.80. The molecule has 0 radical (unpaired) electrons. The van der Waals surface area contributed by atoms with Gasteiger partial charge in [0, 0.05) is 0 Å². The molecule has 1 nitrogen and oxygen atoms in total. The van der Waals surface area contributed by atoms with E-state index >= 15 is 0 Å². The smallest absolute Gasteiger partial charge is 0.0137 e. The minimum Gasteiger partial charge on any atom is -0.698 e. The van der Waals surface area contributed by atoms with E-state index in [0.717, 1.165) is 11.1 Å². The van der Waals surface area contributed by atoms with Crippen LogP contribution in [-0.2, 0) is 0 Å². The summed E-state index contributed by atoms with van der Waals surface area (Å²) in [5.74, 6) is 0. The zero-order valence-electron chi connectivity index (χ0n) is 16.0. The van der Waals surface area contributed by atoms with Crippen molar-refractivity contribution in [3.05, 3.63) is 81.6 Å². The number of hydrogen-bond donors (Lipinski definition) is 0. The first kappa shape index (κ1) is 17.3. The van der Waals surface area contributed by atoms with Crippen LogP contribution in [0.3, 0.4) is 0 Å². The van der Waals surface area contributed by atoms with Crippen molar-refractivity contribution in [3.63, 3.8) is 0 Å². The fraction of sp³-hybridized carbons (Fsp3) is 0.250. The van der Waals surface area contributed by atoms with Crippen molar-refractivity contribution < 1.29 is 0 Å². The number of hydrogen-bond acceptors (Lipinski definition) is 0. The second kappa shape index (κ2) is 6.40. The first-order valence-electron chi connectivity index (χ1n) is 8.80. The first-order chi connectivity index (χ1) is 11.8. The van der Waals surface area contributed by atoms with E-state index in [9.17, 15) is 0 Å².